The van der Waals surface area contributed by atoms with Crippen LogP contribution in [-0.4, -0.2) is 17.7 Å². The van der Waals surface area contributed by atoms with E-state index in [1.807, 2.05) is 0 Å². The number of halogens is 4. The van der Waals surface area contributed by atoms with E-state index in [0.29, 0.717) is 12.1 Å². The molecule has 1 aromatic carbocycles. The van der Waals surface area contributed by atoms with Gasteiger partial charge in [-0.2, -0.15) is 13.2 Å². The lowest BCUT2D eigenvalue weighted by atomic mass is 10.2. The van der Waals surface area contributed by atoms with Gasteiger partial charge >= 0.3 is 12.1 Å². The van der Waals surface area contributed by atoms with Gasteiger partial charge in [0.2, 0.25) is 0 Å². The number of carboxylic acids is 1. The number of benzene rings is 1. The van der Waals surface area contributed by atoms with Crippen LogP contribution in [0.4, 0.5) is 17.6 Å². The topological polar surface area (TPSA) is 46.5 Å². The van der Waals surface area contributed by atoms with Gasteiger partial charge in [-0.1, -0.05) is 0 Å². The van der Waals surface area contributed by atoms with Crippen LogP contribution in [0.1, 0.15) is 5.56 Å². The molecule has 0 unspecified atom stereocenters. The molecule has 0 aromatic heterocycles. The number of alkyl halides is 3. The molecule has 0 amide bonds. The molecule has 0 radical (unpaired) electrons. The van der Waals surface area contributed by atoms with Gasteiger partial charge in [0.1, 0.15) is 18.2 Å². The zero-order chi connectivity index (χ0) is 13.8. The molecule has 7 heteroatoms. The minimum atomic E-state index is -4.81. The molecule has 0 bridgehead atoms. The third kappa shape index (κ3) is 4.08. The van der Waals surface area contributed by atoms with Gasteiger partial charge in [-0.25, -0.2) is 9.18 Å². The average Bonchev–Trinajstić information content (AvgIpc) is 2.24. The van der Waals surface area contributed by atoms with Gasteiger partial charge < -0.3 is 9.84 Å². The summed E-state index contributed by atoms with van der Waals surface area (Å²) in [7, 11) is 0. The van der Waals surface area contributed by atoms with E-state index in [2.05, 4.69) is 0 Å². The normalized spacial score (nSPS) is 11.8. The standard InChI is InChI=1S/C11H8F4O3/c12-9-4-3-7(6-8(9)11(13,14)15)18-5-1-2-10(16)17/h1-4,6H,5H2,(H,16,17)/b2-1+. The Labute approximate surface area is 99.3 Å². The molecule has 0 aliphatic heterocycles. The van der Waals surface area contributed by atoms with E-state index >= 15 is 0 Å². The fourth-order valence-corrected chi connectivity index (χ4v) is 1.10. The minimum absolute atomic E-state index is 0.196. The van der Waals surface area contributed by atoms with Gasteiger partial charge in [-0.05, 0) is 24.3 Å². The predicted octanol–water partition coefficient (Wildman–Crippen LogP) is 2.86. The molecule has 3 nitrogen and oxygen atoms in total. The van der Waals surface area contributed by atoms with Crippen LogP contribution in [0.15, 0.2) is 30.4 Å². The second-order valence-corrected chi connectivity index (χ2v) is 3.19. The fraction of sp³-hybridized carbons (Fsp3) is 0.182. The Kier molecular flexibility index (Phi) is 4.30. The molecule has 1 N–H and O–H groups in total. The second-order valence-electron chi connectivity index (χ2n) is 3.19. The summed E-state index contributed by atoms with van der Waals surface area (Å²) in [6.45, 7) is -0.227. The van der Waals surface area contributed by atoms with Crippen molar-refractivity contribution in [2.45, 2.75) is 6.18 Å². The lowest BCUT2D eigenvalue weighted by Gasteiger charge is -2.10. The maximum Gasteiger partial charge on any atom is 0.419 e. The van der Waals surface area contributed by atoms with Crippen molar-refractivity contribution in [2.24, 2.45) is 0 Å². The van der Waals surface area contributed by atoms with Crippen LogP contribution in [0, 0.1) is 5.82 Å². The quantitative estimate of drug-likeness (QED) is 0.672. The van der Waals surface area contributed by atoms with Crippen molar-refractivity contribution < 1.29 is 32.2 Å². The highest BCUT2D eigenvalue weighted by molar-refractivity contribution is 5.79. The highest BCUT2D eigenvalue weighted by Crippen LogP contribution is 2.33. The molecule has 0 saturated carbocycles. The highest BCUT2D eigenvalue weighted by Gasteiger charge is 2.34. The van der Waals surface area contributed by atoms with Crippen LogP contribution in [0.25, 0.3) is 0 Å². The van der Waals surface area contributed by atoms with Crippen molar-refractivity contribution in [1.29, 1.82) is 0 Å². The van der Waals surface area contributed by atoms with Crippen LogP contribution >= 0.6 is 0 Å². The van der Waals surface area contributed by atoms with Gasteiger partial charge in [-0.15, -0.1) is 0 Å². The fourth-order valence-electron chi connectivity index (χ4n) is 1.10. The Balaban J connectivity index is 2.77. The highest BCUT2D eigenvalue weighted by atomic mass is 19.4. The van der Waals surface area contributed by atoms with Crippen LogP contribution in [-0.2, 0) is 11.0 Å². The van der Waals surface area contributed by atoms with E-state index in [9.17, 15) is 22.4 Å². The first kappa shape index (κ1) is 14.0. The summed E-state index contributed by atoms with van der Waals surface area (Å²) >= 11 is 0. The van der Waals surface area contributed by atoms with Crippen molar-refractivity contribution >= 4 is 5.97 Å². The third-order valence-corrected chi connectivity index (χ3v) is 1.85. The molecule has 1 aromatic rings. The minimum Gasteiger partial charge on any atom is -0.490 e. The van der Waals surface area contributed by atoms with Gasteiger partial charge in [0.15, 0.2) is 0 Å². The molecular weight excluding hydrogens is 256 g/mol. The largest absolute Gasteiger partial charge is 0.490 e. The molecule has 98 valence electrons. The Morgan fingerprint density at radius 1 is 1.39 bits per heavy atom. The lowest BCUT2D eigenvalue weighted by Crippen LogP contribution is -2.08. The van der Waals surface area contributed by atoms with Crippen LogP contribution in [0.5, 0.6) is 5.75 Å². The number of ether oxygens (including phenoxy) is 1. The zero-order valence-corrected chi connectivity index (χ0v) is 8.87. The van der Waals surface area contributed by atoms with Crippen molar-refractivity contribution in [3.63, 3.8) is 0 Å². The van der Waals surface area contributed by atoms with E-state index in [1.165, 1.54) is 0 Å². The molecule has 0 spiro atoms. The van der Waals surface area contributed by atoms with Crippen LogP contribution < -0.4 is 4.74 Å². The van der Waals surface area contributed by atoms with Crippen molar-refractivity contribution in [2.75, 3.05) is 6.61 Å². The molecule has 0 atom stereocenters. The van der Waals surface area contributed by atoms with E-state index in [1.54, 1.807) is 0 Å². The first-order chi connectivity index (χ1) is 8.30. The van der Waals surface area contributed by atoms with Crippen molar-refractivity contribution in [1.82, 2.24) is 0 Å². The van der Waals surface area contributed by atoms with Crippen LogP contribution in [0.3, 0.4) is 0 Å². The number of carboxylic acid groups (broad SMARTS) is 1. The Morgan fingerprint density at radius 2 is 2.06 bits per heavy atom. The SMILES string of the molecule is O=C(O)/C=C/COc1ccc(F)c(C(F)(F)F)c1. The molecule has 0 aliphatic carbocycles. The van der Waals surface area contributed by atoms with E-state index in [0.717, 1.165) is 18.2 Å². The Morgan fingerprint density at radius 3 is 2.61 bits per heavy atom. The van der Waals surface area contributed by atoms with Crippen molar-refractivity contribution in [3.8, 4) is 5.75 Å². The molecule has 0 fully saturated rings. The summed E-state index contributed by atoms with van der Waals surface area (Å²) < 4.78 is 54.7. The zero-order valence-electron chi connectivity index (χ0n) is 8.87. The van der Waals surface area contributed by atoms with Crippen LogP contribution in [0.2, 0.25) is 0 Å². The Bertz CT molecular complexity index is 466. The van der Waals surface area contributed by atoms with Gasteiger partial charge in [0.05, 0.1) is 5.56 Å². The first-order valence-electron chi connectivity index (χ1n) is 4.69. The second kappa shape index (κ2) is 5.52. The molecule has 0 aliphatic rings. The molecule has 18 heavy (non-hydrogen) atoms. The van der Waals surface area contributed by atoms with Crippen molar-refractivity contribution in [3.05, 3.63) is 41.7 Å². The number of carbonyl (C=O) groups is 1. The summed E-state index contributed by atoms with van der Waals surface area (Å²) in [6.07, 6.45) is -2.91. The Hall–Kier alpha value is -2.05. The maximum absolute atomic E-state index is 12.9. The average molecular weight is 264 g/mol. The summed E-state index contributed by atoms with van der Waals surface area (Å²) in [5, 5.41) is 8.26. The number of hydrogen-bond acceptors (Lipinski definition) is 2. The van der Waals surface area contributed by atoms with Gasteiger partial charge in [0.25, 0.3) is 0 Å². The maximum atomic E-state index is 12.9. The van der Waals surface area contributed by atoms with E-state index in [4.69, 9.17) is 9.84 Å². The number of aliphatic carboxylic acids is 1. The molecule has 0 heterocycles. The van der Waals surface area contributed by atoms with E-state index < -0.39 is 23.5 Å². The predicted molar refractivity (Wildman–Crippen MR) is 53.7 cm³/mol. The summed E-state index contributed by atoms with van der Waals surface area (Å²) in [5.41, 5.74) is -1.43. The molecule has 0 saturated heterocycles. The lowest BCUT2D eigenvalue weighted by molar-refractivity contribution is -0.140. The smallest absolute Gasteiger partial charge is 0.419 e. The van der Waals surface area contributed by atoms with Gasteiger partial charge in [0, 0.05) is 6.08 Å². The summed E-state index contributed by atoms with van der Waals surface area (Å²) in [4.78, 5) is 10.1. The summed E-state index contributed by atoms with van der Waals surface area (Å²) in [5.74, 6) is -2.79. The number of hydrogen-bond donors (Lipinski definition) is 1. The van der Waals surface area contributed by atoms with Gasteiger partial charge in [-0.3, -0.25) is 0 Å². The first-order valence-corrected chi connectivity index (χ1v) is 4.69. The molecule has 1 rings (SSSR count). The third-order valence-electron chi connectivity index (χ3n) is 1.85. The number of rotatable bonds is 4. The monoisotopic (exact) mass is 264 g/mol. The molecular formula is C11H8F4O3. The summed E-state index contributed by atoms with van der Waals surface area (Å²) in [6, 6.07) is 2.18. The van der Waals surface area contributed by atoms with E-state index in [-0.39, 0.29) is 12.4 Å².